The molecule has 2 atom stereocenters. The molecule has 8 aromatic heterocycles. The maximum Gasteiger partial charge on any atom is 0.225 e. The van der Waals surface area contributed by atoms with Crippen molar-refractivity contribution in [1.29, 1.82) is 0 Å². The van der Waals surface area contributed by atoms with E-state index in [-0.39, 0.29) is 12.1 Å². The smallest absolute Gasteiger partial charge is 0.225 e. The van der Waals surface area contributed by atoms with Crippen LogP contribution in [0, 0.1) is 0 Å². The van der Waals surface area contributed by atoms with Gasteiger partial charge in [-0.2, -0.15) is 20.2 Å². The van der Waals surface area contributed by atoms with Crippen molar-refractivity contribution in [1.82, 2.24) is 60.3 Å². The summed E-state index contributed by atoms with van der Waals surface area (Å²) in [5.74, 6) is 5.30. The number of hydrogen-bond donors (Lipinski definition) is 8. The first-order valence-electron chi connectivity index (χ1n) is 18.2. The summed E-state index contributed by atoms with van der Waals surface area (Å²) in [6.45, 7) is 4.08. The molecule has 0 unspecified atom stereocenters. The summed E-state index contributed by atoms with van der Waals surface area (Å²) in [5.41, 5.74) is 6.29. The molecule has 0 saturated heterocycles. The zero-order valence-corrected chi connectivity index (χ0v) is 29.8. The van der Waals surface area contributed by atoms with Crippen molar-refractivity contribution in [3.63, 3.8) is 0 Å². The Balaban J connectivity index is 0.000000142. The highest BCUT2D eigenvalue weighted by atomic mass is 15.2. The highest BCUT2D eigenvalue weighted by molar-refractivity contribution is 5.79. The minimum absolute atomic E-state index is 0.0218. The first kappa shape index (κ1) is 33.0. The fraction of sp³-hybridized carbons (Fsp3) is 0.263. The Hall–Kier alpha value is -6.84. The quantitative estimate of drug-likeness (QED) is 0.0608. The monoisotopic (exact) mass is 720 g/mol. The van der Waals surface area contributed by atoms with Crippen molar-refractivity contribution in [2.24, 2.45) is 0 Å². The molecule has 2 aliphatic carbocycles. The number of nitrogens with zero attached hydrogens (tertiary/aromatic N) is 8. The Morgan fingerprint density at radius 2 is 1.04 bits per heavy atom. The fourth-order valence-electron chi connectivity index (χ4n) is 6.21. The summed E-state index contributed by atoms with van der Waals surface area (Å²) in [6.07, 6.45) is 15.9. The Morgan fingerprint density at radius 1 is 0.574 bits per heavy atom. The summed E-state index contributed by atoms with van der Waals surface area (Å²) in [6, 6.07) is 15.9. The Bertz CT molecular complexity index is 2330. The minimum atomic E-state index is -0.0218. The van der Waals surface area contributed by atoms with E-state index in [1.54, 1.807) is 12.4 Å². The van der Waals surface area contributed by atoms with Gasteiger partial charge in [-0.3, -0.25) is 20.2 Å². The molecule has 0 radical (unpaired) electrons. The molecule has 8 aromatic rings. The summed E-state index contributed by atoms with van der Waals surface area (Å²) in [4.78, 5) is 33.0. The second-order valence-electron chi connectivity index (χ2n) is 13.8. The summed E-state index contributed by atoms with van der Waals surface area (Å²) in [5, 5.41) is 30.1. The zero-order valence-electron chi connectivity index (χ0n) is 29.8. The third-order valence-corrected chi connectivity index (χ3v) is 9.55. The van der Waals surface area contributed by atoms with E-state index in [9.17, 15) is 0 Å². The van der Waals surface area contributed by atoms with Crippen molar-refractivity contribution >= 4 is 57.0 Å². The molecule has 16 heteroatoms. The molecule has 0 amide bonds. The number of aromatic amines is 4. The minimum Gasteiger partial charge on any atom is -0.360 e. The van der Waals surface area contributed by atoms with E-state index < -0.39 is 0 Å². The van der Waals surface area contributed by atoms with Crippen LogP contribution in [0.1, 0.15) is 86.2 Å². The number of H-pyrrole nitrogens is 4. The topological polar surface area (TPSA) is 214 Å². The van der Waals surface area contributed by atoms with E-state index in [0.29, 0.717) is 35.4 Å². The molecule has 2 fully saturated rings. The van der Waals surface area contributed by atoms with Gasteiger partial charge in [0.25, 0.3) is 0 Å². The van der Waals surface area contributed by atoms with Crippen LogP contribution < -0.4 is 21.3 Å². The number of nitrogens with one attached hydrogen (secondary N) is 8. The average Bonchev–Trinajstić information content (AvgIpc) is 3.97. The van der Waals surface area contributed by atoms with Crippen LogP contribution in [0.2, 0.25) is 0 Å². The van der Waals surface area contributed by atoms with Gasteiger partial charge in [0, 0.05) is 70.9 Å². The second kappa shape index (κ2) is 14.3. The predicted octanol–water partition coefficient (Wildman–Crippen LogP) is 7.74. The van der Waals surface area contributed by atoms with Crippen molar-refractivity contribution in [2.45, 2.75) is 63.5 Å². The number of pyridine rings is 2. The van der Waals surface area contributed by atoms with Gasteiger partial charge >= 0.3 is 0 Å². The molecule has 54 heavy (non-hydrogen) atoms. The van der Waals surface area contributed by atoms with Gasteiger partial charge < -0.3 is 31.2 Å². The van der Waals surface area contributed by atoms with Gasteiger partial charge in [-0.15, -0.1) is 0 Å². The van der Waals surface area contributed by atoms with Crippen LogP contribution in [-0.4, -0.2) is 60.3 Å². The molecule has 2 aliphatic rings. The summed E-state index contributed by atoms with van der Waals surface area (Å²) in [7, 11) is 0. The SMILES string of the molecule is C[C@@H](Nc1nccc(Nc2cc(C3CC3)[nH]n2)n1)c1cc2cc[nH]c2cn1.C[C@H](Nc1nccc(Nc2cc(C3CC3)[nH]n2)n1)c1cc2cc[nH]c2cn1. The van der Waals surface area contributed by atoms with E-state index in [4.69, 9.17) is 0 Å². The van der Waals surface area contributed by atoms with Crippen LogP contribution in [0.15, 0.2) is 85.7 Å². The summed E-state index contributed by atoms with van der Waals surface area (Å²) >= 11 is 0. The zero-order chi connectivity index (χ0) is 36.4. The lowest BCUT2D eigenvalue weighted by Gasteiger charge is -2.14. The van der Waals surface area contributed by atoms with Crippen molar-refractivity contribution in [3.05, 3.63) is 108 Å². The standard InChI is InChI=1S/2C19H20N8/c2*1-11(14-8-13-4-6-20-16(13)10-22-14)23-19-21-7-5-17(25-19)24-18-9-15(26-27-18)12-2-3-12/h2*4-12,20H,2-3H2,1H3,(H3,21,23,24,25,26,27)/t2*11-/m10/s1. The lowest BCUT2D eigenvalue weighted by Crippen LogP contribution is -2.11. The van der Waals surface area contributed by atoms with Gasteiger partial charge in [0.2, 0.25) is 11.9 Å². The Morgan fingerprint density at radius 3 is 1.48 bits per heavy atom. The molecule has 0 aromatic carbocycles. The second-order valence-corrected chi connectivity index (χ2v) is 13.8. The van der Waals surface area contributed by atoms with Crippen molar-refractivity contribution < 1.29 is 0 Å². The van der Waals surface area contributed by atoms with E-state index in [2.05, 4.69) is 93.7 Å². The predicted molar refractivity (Wildman–Crippen MR) is 208 cm³/mol. The van der Waals surface area contributed by atoms with Crippen LogP contribution in [0.4, 0.5) is 35.2 Å². The molecule has 8 heterocycles. The highest BCUT2D eigenvalue weighted by Gasteiger charge is 2.26. The molecular weight excluding hydrogens is 681 g/mol. The molecule has 0 spiro atoms. The number of aromatic nitrogens is 12. The van der Waals surface area contributed by atoms with Gasteiger partial charge in [-0.05, 0) is 75.9 Å². The maximum atomic E-state index is 4.53. The number of rotatable bonds is 12. The Labute approximate surface area is 309 Å². The van der Waals surface area contributed by atoms with Crippen LogP contribution >= 0.6 is 0 Å². The van der Waals surface area contributed by atoms with Gasteiger partial charge in [0.1, 0.15) is 11.6 Å². The van der Waals surface area contributed by atoms with E-state index >= 15 is 0 Å². The van der Waals surface area contributed by atoms with E-state index in [1.807, 2.05) is 75.0 Å². The van der Waals surface area contributed by atoms with Crippen molar-refractivity contribution in [2.75, 3.05) is 21.3 Å². The van der Waals surface area contributed by atoms with Gasteiger partial charge in [0.15, 0.2) is 11.6 Å². The fourth-order valence-corrected chi connectivity index (χ4v) is 6.21. The molecule has 2 saturated carbocycles. The normalized spacial score (nSPS) is 15.0. The molecular formula is C38H40N16. The van der Waals surface area contributed by atoms with E-state index in [0.717, 1.165) is 44.8 Å². The van der Waals surface area contributed by atoms with Crippen LogP contribution in [0.3, 0.4) is 0 Å². The molecule has 10 rings (SSSR count). The third-order valence-electron chi connectivity index (χ3n) is 9.55. The first-order valence-corrected chi connectivity index (χ1v) is 18.2. The summed E-state index contributed by atoms with van der Waals surface area (Å²) < 4.78 is 0. The van der Waals surface area contributed by atoms with Crippen LogP contribution in [0.25, 0.3) is 21.8 Å². The van der Waals surface area contributed by atoms with Gasteiger partial charge in [0.05, 0.1) is 46.9 Å². The highest BCUT2D eigenvalue weighted by Crippen LogP contribution is 2.40. The third kappa shape index (κ3) is 7.67. The molecule has 0 aliphatic heterocycles. The molecule has 8 N–H and O–H groups in total. The number of fused-ring (bicyclic) bond motifs is 2. The van der Waals surface area contributed by atoms with Gasteiger partial charge in [-0.25, -0.2) is 9.97 Å². The van der Waals surface area contributed by atoms with E-state index in [1.165, 1.54) is 37.1 Å². The van der Waals surface area contributed by atoms with Gasteiger partial charge in [-0.1, -0.05) is 0 Å². The van der Waals surface area contributed by atoms with Crippen LogP contribution in [-0.2, 0) is 0 Å². The average molecular weight is 721 g/mol. The number of anilines is 6. The van der Waals surface area contributed by atoms with Crippen LogP contribution in [0.5, 0.6) is 0 Å². The Kier molecular flexibility index (Phi) is 8.74. The lowest BCUT2D eigenvalue weighted by atomic mass is 10.2. The van der Waals surface area contributed by atoms with Crippen molar-refractivity contribution in [3.8, 4) is 0 Å². The molecule has 0 bridgehead atoms. The first-order chi connectivity index (χ1) is 26.5. The lowest BCUT2D eigenvalue weighted by molar-refractivity contribution is 0.825. The molecule has 272 valence electrons. The largest absolute Gasteiger partial charge is 0.360 e. The number of hydrogen-bond acceptors (Lipinski definition) is 12. The maximum absolute atomic E-state index is 4.53. The molecule has 16 nitrogen and oxygen atoms in total.